The van der Waals surface area contributed by atoms with Crippen LogP contribution in [0.25, 0.3) is 6.08 Å². The van der Waals surface area contributed by atoms with Crippen molar-refractivity contribution in [1.29, 1.82) is 0 Å². The Labute approximate surface area is 208 Å². The fourth-order valence-electron chi connectivity index (χ4n) is 3.95. The summed E-state index contributed by atoms with van der Waals surface area (Å²) in [5.41, 5.74) is 2.27. The van der Waals surface area contributed by atoms with Crippen LogP contribution in [0.4, 0.5) is 10.5 Å². The van der Waals surface area contributed by atoms with Gasteiger partial charge in [0.1, 0.15) is 12.3 Å². The summed E-state index contributed by atoms with van der Waals surface area (Å²) in [6.45, 7) is 2.79. The molecule has 35 heavy (non-hydrogen) atoms. The number of piperidine rings is 1. The quantitative estimate of drug-likeness (QED) is 0.585. The van der Waals surface area contributed by atoms with Crippen molar-refractivity contribution in [2.45, 2.75) is 26.2 Å². The van der Waals surface area contributed by atoms with Crippen molar-refractivity contribution in [2.24, 2.45) is 0 Å². The minimum Gasteiger partial charge on any atom is -0.483 e. The Hall–Kier alpha value is -3.59. The van der Waals surface area contributed by atoms with Crippen LogP contribution in [0.2, 0.25) is 0 Å². The summed E-state index contributed by atoms with van der Waals surface area (Å²) in [6.07, 6.45) is 4.52. The molecule has 0 aromatic heterocycles. The van der Waals surface area contributed by atoms with Crippen molar-refractivity contribution in [1.82, 2.24) is 9.80 Å². The van der Waals surface area contributed by atoms with Crippen LogP contribution in [0.5, 0.6) is 5.75 Å². The average Bonchev–Trinajstić information content (AvgIpc) is 3.11. The second kappa shape index (κ2) is 11.2. The van der Waals surface area contributed by atoms with Gasteiger partial charge in [0.25, 0.3) is 17.1 Å². The summed E-state index contributed by atoms with van der Waals surface area (Å²) in [7, 11) is 0. The lowest BCUT2D eigenvalue weighted by Crippen LogP contribution is -2.44. The van der Waals surface area contributed by atoms with E-state index in [0.29, 0.717) is 30.1 Å². The first kappa shape index (κ1) is 24.5. The van der Waals surface area contributed by atoms with Crippen molar-refractivity contribution in [3.8, 4) is 5.75 Å². The van der Waals surface area contributed by atoms with Crippen molar-refractivity contribution in [3.63, 3.8) is 0 Å². The van der Waals surface area contributed by atoms with Crippen molar-refractivity contribution < 1.29 is 23.9 Å². The van der Waals surface area contributed by atoms with Crippen LogP contribution in [0.1, 0.15) is 30.4 Å². The third-order valence-electron chi connectivity index (χ3n) is 5.74. The van der Waals surface area contributed by atoms with Gasteiger partial charge in [-0.25, -0.2) is 0 Å². The number of carbonyl (C=O) groups excluding carboxylic acids is 4. The summed E-state index contributed by atoms with van der Waals surface area (Å²) in [5.74, 6) is -0.626. The fraction of sp³-hybridized carbons (Fsp3) is 0.308. The molecule has 0 aliphatic carbocycles. The lowest BCUT2D eigenvalue weighted by Gasteiger charge is -2.27. The smallest absolute Gasteiger partial charge is 0.294 e. The first-order valence-corrected chi connectivity index (χ1v) is 12.3. The van der Waals surface area contributed by atoms with Crippen LogP contribution >= 0.6 is 11.8 Å². The minimum absolute atomic E-state index is 0.210. The van der Waals surface area contributed by atoms with Gasteiger partial charge in [0, 0.05) is 24.3 Å². The molecule has 1 N–H and O–H groups in total. The van der Waals surface area contributed by atoms with Gasteiger partial charge >= 0.3 is 0 Å². The van der Waals surface area contributed by atoms with E-state index in [0.717, 1.165) is 41.5 Å². The maximum absolute atomic E-state index is 12.9. The zero-order valence-electron chi connectivity index (χ0n) is 19.5. The predicted octanol–water partition coefficient (Wildman–Crippen LogP) is 4.06. The highest BCUT2D eigenvalue weighted by Crippen LogP contribution is 2.34. The molecule has 0 saturated carbocycles. The topological polar surface area (TPSA) is 96.0 Å². The van der Waals surface area contributed by atoms with Crippen molar-refractivity contribution >= 4 is 46.5 Å². The van der Waals surface area contributed by atoms with Gasteiger partial charge in [0.2, 0.25) is 5.91 Å². The Morgan fingerprint density at radius 1 is 1.06 bits per heavy atom. The molecule has 0 unspecified atom stereocenters. The molecule has 4 rings (SSSR count). The van der Waals surface area contributed by atoms with Crippen molar-refractivity contribution in [2.75, 3.05) is 31.6 Å². The summed E-state index contributed by atoms with van der Waals surface area (Å²) < 4.78 is 5.71. The molecule has 4 amide bonds. The number of benzene rings is 2. The monoisotopic (exact) mass is 493 g/mol. The van der Waals surface area contributed by atoms with Crippen LogP contribution in [0, 0.1) is 6.92 Å². The van der Waals surface area contributed by atoms with E-state index in [4.69, 9.17) is 4.74 Å². The number of nitrogens with one attached hydrogen (secondary N) is 1. The molecule has 2 aromatic carbocycles. The number of hydrogen-bond acceptors (Lipinski definition) is 6. The molecule has 2 fully saturated rings. The molecule has 2 heterocycles. The lowest BCUT2D eigenvalue weighted by molar-refractivity contribution is -0.136. The van der Waals surface area contributed by atoms with Crippen LogP contribution in [0.3, 0.4) is 0 Å². The number of rotatable bonds is 7. The molecule has 0 bridgehead atoms. The fourth-order valence-corrected chi connectivity index (χ4v) is 4.78. The molecular formula is C26H27N3O5S. The number of thioether (sulfide) groups is 1. The maximum Gasteiger partial charge on any atom is 0.294 e. The van der Waals surface area contributed by atoms with Gasteiger partial charge in [-0.1, -0.05) is 30.3 Å². The molecule has 2 aromatic rings. The van der Waals surface area contributed by atoms with Gasteiger partial charge < -0.3 is 15.0 Å². The van der Waals surface area contributed by atoms with E-state index >= 15 is 0 Å². The van der Waals surface area contributed by atoms with Gasteiger partial charge in [-0.05, 0) is 67.8 Å². The largest absolute Gasteiger partial charge is 0.483 e. The number of aryl methyl sites for hydroxylation is 1. The maximum atomic E-state index is 12.9. The minimum atomic E-state index is -0.502. The number of nitrogens with zero attached hydrogens (tertiary/aromatic N) is 2. The summed E-state index contributed by atoms with van der Waals surface area (Å²) in [6, 6.07) is 14.4. The average molecular weight is 494 g/mol. The van der Waals surface area contributed by atoms with Crippen LogP contribution in [0.15, 0.2) is 53.4 Å². The molecular weight excluding hydrogens is 466 g/mol. The van der Waals surface area contributed by atoms with Crippen LogP contribution in [-0.4, -0.2) is 59.0 Å². The normalized spacial score (nSPS) is 17.1. The Kier molecular flexibility index (Phi) is 7.87. The number of imide groups is 1. The van der Waals surface area contributed by atoms with Gasteiger partial charge in [-0.2, -0.15) is 0 Å². The van der Waals surface area contributed by atoms with Gasteiger partial charge in [0.15, 0.2) is 6.61 Å². The van der Waals surface area contributed by atoms with E-state index in [2.05, 4.69) is 5.32 Å². The van der Waals surface area contributed by atoms with Crippen LogP contribution < -0.4 is 10.1 Å². The van der Waals surface area contributed by atoms with E-state index in [9.17, 15) is 19.2 Å². The van der Waals surface area contributed by atoms with E-state index in [1.54, 1.807) is 41.3 Å². The molecule has 2 aliphatic rings. The highest BCUT2D eigenvalue weighted by atomic mass is 32.2. The van der Waals surface area contributed by atoms with Gasteiger partial charge in [-0.15, -0.1) is 0 Å². The molecule has 2 aliphatic heterocycles. The highest BCUT2D eigenvalue weighted by Gasteiger charge is 2.37. The number of ether oxygens (including phenoxy) is 1. The third-order valence-corrected chi connectivity index (χ3v) is 6.65. The first-order chi connectivity index (χ1) is 16.9. The summed E-state index contributed by atoms with van der Waals surface area (Å²) >= 11 is 0.794. The molecule has 8 nitrogen and oxygen atoms in total. The predicted molar refractivity (Wildman–Crippen MR) is 135 cm³/mol. The number of likely N-dealkylation sites (tertiary alicyclic amines) is 1. The molecule has 0 spiro atoms. The first-order valence-electron chi connectivity index (χ1n) is 11.5. The Morgan fingerprint density at radius 2 is 1.83 bits per heavy atom. The number of carbonyl (C=O) groups is 4. The Balaban J connectivity index is 1.40. The lowest BCUT2D eigenvalue weighted by atomic mass is 10.1. The highest BCUT2D eigenvalue weighted by molar-refractivity contribution is 8.18. The number of amides is 4. The van der Waals surface area contributed by atoms with Crippen LogP contribution in [-0.2, 0) is 14.4 Å². The van der Waals surface area contributed by atoms with Crippen molar-refractivity contribution in [3.05, 3.63) is 64.6 Å². The molecule has 0 radical (unpaired) electrons. The molecule has 9 heteroatoms. The van der Waals surface area contributed by atoms with E-state index in [1.165, 1.54) is 0 Å². The standard InChI is InChI=1S/C26H27N3O5S/c1-18-8-7-10-20(14-18)27-23(30)17-34-21-11-4-3-9-19(21)15-22-25(32)29(26(33)35-22)16-24(31)28-12-5-2-6-13-28/h3-4,7-11,14-15H,2,5-6,12-13,16-17H2,1H3,(H,27,30)/b22-15-. The van der Waals surface area contributed by atoms with Gasteiger partial charge in [-0.3, -0.25) is 24.1 Å². The SMILES string of the molecule is Cc1cccc(NC(=O)COc2ccccc2/C=C2\SC(=O)N(CC(=O)N3CCCCC3)C2=O)c1. The third kappa shape index (κ3) is 6.30. The number of hydrogen-bond donors (Lipinski definition) is 1. The zero-order chi connectivity index (χ0) is 24.8. The second-order valence-corrected chi connectivity index (χ2v) is 9.45. The number of anilines is 1. The summed E-state index contributed by atoms with van der Waals surface area (Å²) in [5, 5.41) is 2.31. The Bertz CT molecular complexity index is 1170. The second-order valence-electron chi connectivity index (χ2n) is 8.45. The van der Waals surface area contributed by atoms with Gasteiger partial charge in [0.05, 0.1) is 4.91 Å². The molecule has 0 atom stereocenters. The summed E-state index contributed by atoms with van der Waals surface area (Å²) in [4.78, 5) is 53.2. The molecule has 182 valence electrons. The zero-order valence-corrected chi connectivity index (χ0v) is 20.3. The van der Waals surface area contributed by atoms with E-state index < -0.39 is 11.1 Å². The number of para-hydroxylation sites is 1. The van der Waals surface area contributed by atoms with E-state index in [1.807, 2.05) is 25.1 Å². The Morgan fingerprint density at radius 3 is 2.60 bits per heavy atom. The molecule has 2 saturated heterocycles. The van der Waals surface area contributed by atoms with E-state index in [-0.39, 0.29) is 29.9 Å².